The number of nitrogens with zero attached hydrogens (tertiary/aromatic N) is 1. The molecule has 0 saturated carbocycles. The molecule has 1 amide bonds. The molecule has 2 aromatic rings. The zero-order valence-corrected chi connectivity index (χ0v) is 14.0. The van der Waals surface area contributed by atoms with E-state index in [1.165, 1.54) is 17.2 Å². The van der Waals surface area contributed by atoms with Crippen LogP contribution in [-0.4, -0.2) is 29.9 Å². The van der Waals surface area contributed by atoms with Crippen LogP contribution in [0, 0.1) is 11.6 Å². The molecule has 130 valence electrons. The van der Waals surface area contributed by atoms with E-state index < -0.39 is 17.7 Å². The summed E-state index contributed by atoms with van der Waals surface area (Å²) in [5.74, 6) is -1.74. The van der Waals surface area contributed by atoms with Crippen LogP contribution in [0.1, 0.15) is 18.9 Å². The van der Waals surface area contributed by atoms with Gasteiger partial charge in [0.1, 0.15) is 11.6 Å². The van der Waals surface area contributed by atoms with Gasteiger partial charge < -0.3 is 5.32 Å². The summed E-state index contributed by atoms with van der Waals surface area (Å²) in [6, 6.07) is 12.9. The first-order chi connectivity index (χ1) is 12.0. The topological polar surface area (TPSA) is 32.3 Å². The maximum Gasteiger partial charge on any atom is 0.241 e. The summed E-state index contributed by atoms with van der Waals surface area (Å²) in [6.45, 7) is 3.20. The number of hydrogen-bond acceptors (Lipinski definition) is 2. The summed E-state index contributed by atoms with van der Waals surface area (Å²) in [7, 11) is 0. The monoisotopic (exact) mass is 342 g/mol. The molecular weight excluding hydrogens is 322 g/mol. The van der Waals surface area contributed by atoms with Crippen molar-refractivity contribution in [2.45, 2.75) is 19.4 Å². The summed E-state index contributed by atoms with van der Waals surface area (Å²) in [5.41, 5.74) is 2.47. The van der Waals surface area contributed by atoms with Crippen LogP contribution < -0.4 is 5.32 Å². The van der Waals surface area contributed by atoms with Crippen molar-refractivity contribution in [1.29, 1.82) is 0 Å². The van der Waals surface area contributed by atoms with Crippen LogP contribution in [0.4, 0.5) is 14.5 Å². The average Bonchev–Trinajstić information content (AvgIpc) is 2.64. The summed E-state index contributed by atoms with van der Waals surface area (Å²) in [5, 5.41) is 2.53. The smallest absolute Gasteiger partial charge is 0.241 e. The number of benzene rings is 2. The molecule has 0 bridgehead atoms. The number of nitrogens with one attached hydrogen (secondary N) is 1. The Morgan fingerprint density at radius 3 is 2.56 bits per heavy atom. The standard InChI is InChI=1S/C20H20F2N2O/c1-14(20(25)23-19-8-7-17(21)13-18(19)22)24-11-9-16(10-12-24)15-5-3-2-4-6-15/h2-9,13-14H,10-12H2,1H3,(H,23,25)/t14-/m0/s1. The van der Waals surface area contributed by atoms with Gasteiger partial charge in [-0.3, -0.25) is 9.69 Å². The SMILES string of the molecule is C[C@@H](C(=O)Nc1ccc(F)cc1F)N1CC=C(c2ccccc2)CC1. The number of amides is 1. The highest BCUT2D eigenvalue weighted by Crippen LogP contribution is 2.23. The molecule has 1 heterocycles. The highest BCUT2D eigenvalue weighted by Gasteiger charge is 2.24. The van der Waals surface area contributed by atoms with E-state index in [0.29, 0.717) is 6.54 Å². The van der Waals surface area contributed by atoms with Gasteiger partial charge in [0.2, 0.25) is 5.91 Å². The third-order valence-corrected chi connectivity index (χ3v) is 4.50. The molecule has 3 rings (SSSR count). The second kappa shape index (κ2) is 7.57. The Morgan fingerprint density at radius 1 is 1.16 bits per heavy atom. The lowest BCUT2D eigenvalue weighted by molar-refractivity contribution is -0.120. The largest absolute Gasteiger partial charge is 0.322 e. The molecule has 0 aromatic heterocycles. The van der Waals surface area contributed by atoms with Gasteiger partial charge in [-0.05, 0) is 36.6 Å². The molecule has 0 fully saturated rings. The Hall–Kier alpha value is -2.53. The molecule has 2 aromatic carbocycles. The Bertz CT molecular complexity index is 790. The van der Waals surface area contributed by atoms with Crippen LogP contribution in [0.2, 0.25) is 0 Å². The van der Waals surface area contributed by atoms with E-state index in [1.807, 2.05) is 23.1 Å². The van der Waals surface area contributed by atoms with Gasteiger partial charge in [-0.25, -0.2) is 8.78 Å². The van der Waals surface area contributed by atoms with Crippen LogP contribution in [0.3, 0.4) is 0 Å². The number of carbonyl (C=O) groups is 1. The van der Waals surface area contributed by atoms with E-state index in [9.17, 15) is 13.6 Å². The zero-order chi connectivity index (χ0) is 17.8. The van der Waals surface area contributed by atoms with E-state index >= 15 is 0 Å². The maximum absolute atomic E-state index is 13.7. The van der Waals surface area contributed by atoms with Gasteiger partial charge in [-0.15, -0.1) is 0 Å². The lowest BCUT2D eigenvalue weighted by atomic mass is 9.99. The number of halogens is 2. The van der Waals surface area contributed by atoms with Crippen LogP contribution in [0.25, 0.3) is 5.57 Å². The average molecular weight is 342 g/mol. The minimum absolute atomic E-state index is 0.00391. The lowest BCUT2D eigenvalue weighted by Crippen LogP contribution is -2.44. The highest BCUT2D eigenvalue weighted by molar-refractivity contribution is 5.94. The molecule has 25 heavy (non-hydrogen) atoms. The maximum atomic E-state index is 13.7. The van der Waals surface area contributed by atoms with Gasteiger partial charge in [0.15, 0.2) is 0 Å². The molecule has 0 saturated heterocycles. The summed E-state index contributed by atoms with van der Waals surface area (Å²) in [4.78, 5) is 14.4. The molecule has 5 heteroatoms. The Kier molecular flexibility index (Phi) is 5.24. The molecule has 0 radical (unpaired) electrons. The lowest BCUT2D eigenvalue weighted by Gasteiger charge is -2.31. The van der Waals surface area contributed by atoms with Crippen molar-refractivity contribution >= 4 is 17.2 Å². The highest BCUT2D eigenvalue weighted by atomic mass is 19.1. The van der Waals surface area contributed by atoms with Crippen molar-refractivity contribution in [3.05, 3.63) is 71.8 Å². The van der Waals surface area contributed by atoms with Crippen molar-refractivity contribution in [1.82, 2.24) is 4.90 Å². The van der Waals surface area contributed by atoms with E-state index in [-0.39, 0.29) is 11.6 Å². The van der Waals surface area contributed by atoms with Gasteiger partial charge in [-0.1, -0.05) is 36.4 Å². The molecule has 3 nitrogen and oxygen atoms in total. The zero-order valence-electron chi connectivity index (χ0n) is 14.0. The van der Waals surface area contributed by atoms with Crippen molar-refractivity contribution in [3.8, 4) is 0 Å². The first-order valence-electron chi connectivity index (χ1n) is 8.29. The number of carbonyl (C=O) groups excluding carboxylic acids is 1. The second-order valence-electron chi connectivity index (χ2n) is 6.13. The van der Waals surface area contributed by atoms with Gasteiger partial charge in [-0.2, -0.15) is 0 Å². The quantitative estimate of drug-likeness (QED) is 0.908. The summed E-state index contributed by atoms with van der Waals surface area (Å²) < 4.78 is 26.6. The molecular formula is C20H20F2N2O. The molecule has 0 unspecified atom stereocenters. The van der Waals surface area contributed by atoms with Crippen LogP contribution >= 0.6 is 0 Å². The van der Waals surface area contributed by atoms with Crippen molar-refractivity contribution in [2.24, 2.45) is 0 Å². The Labute approximate surface area is 146 Å². The molecule has 1 N–H and O–H groups in total. The minimum atomic E-state index is -0.773. The van der Waals surface area contributed by atoms with Crippen LogP contribution in [0.5, 0.6) is 0 Å². The van der Waals surface area contributed by atoms with Crippen molar-refractivity contribution in [3.63, 3.8) is 0 Å². The molecule has 0 spiro atoms. The van der Waals surface area contributed by atoms with E-state index in [4.69, 9.17) is 0 Å². The minimum Gasteiger partial charge on any atom is -0.322 e. The predicted octanol–water partition coefficient (Wildman–Crippen LogP) is 4.08. The third kappa shape index (κ3) is 4.12. The fourth-order valence-corrected chi connectivity index (χ4v) is 2.94. The van der Waals surface area contributed by atoms with Gasteiger partial charge in [0, 0.05) is 19.2 Å². The molecule has 1 atom stereocenters. The number of rotatable bonds is 4. The van der Waals surface area contributed by atoms with Crippen molar-refractivity contribution < 1.29 is 13.6 Å². The predicted molar refractivity (Wildman–Crippen MR) is 95.1 cm³/mol. The number of anilines is 1. The summed E-state index contributed by atoms with van der Waals surface area (Å²) in [6.07, 6.45) is 2.98. The van der Waals surface area contributed by atoms with E-state index in [2.05, 4.69) is 23.5 Å². The third-order valence-electron chi connectivity index (χ3n) is 4.50. The van der Waals surface area contributed by atoms with Gasteiger partial charge in [0.05, 0.1) is 11.7 Å². The number of hydrogen-bond donors (Lipinski definition) is 1. The van der Waals surface area contributed by atoms with Crippen LogP contribution in [-0.2, 0) is 4.79 Å². The van der Waals surface area contributed by atoms with E-state index in [1.54, 1.807) is 6.92 Å². The molecule has 0 aliphatic carbocycles. The van der Waals surface area contributed by atoms with E-state index in [0.717, 1.165) is 25.1 Å². The van der Waals surface area contributed by atoms with Crippen molar-refractivity contribution in [2.75, 3.05) is 18.4 Å². The Balaban J connectivity index is 1.63. The molecule has 1 aliphatic rings. The normalized spacial score (nSPS) is 16.2. The fraction of sp³-hybridized carbons (Fsp3) is 0.250. The molecule has 1 aliphatic heterocycles. The first kappa shape index (κ1) is 17.3. The van der Waals surface area contributed by atoms with Gasteiger partial charge in [0.25, 0.3) is 0 Å². The summed E-state index contributed by atoms with van der Waals surface area (Å²) >= 11 is 0. The van der Waals surface area contributed by atoms with Gasteiger partial charge >= 0.3 is 0 Å². The van der Waals surface area contributed by atoms with Crippen LogP contribution in [0.15, 0.2) is 54.6 Å². The Morgan fingerprint density at radius 2 is 1.92 bits per heavy atom. The fourth-order valence-electron chi connectivity index (χ4n) is 2.94. The first-order valence-corrected chi connectivity index (χ1v) is 8.29. The second-order valence-corrected chi connectivity index (χ2v) is 6.13.